The quantitative estimate of drug-likeness (QED) is 0.557. The summed E-state index contributed by atoms with van der Waals surface area (Å²) in [7, 11) is 0. The molecule has 28 heavy (non-hydrogen) atoms. The molecule has 152 valence electrons. The van der Waals surface area contributed by atoms with E-state index in [0.29, 0.717) is 24.2 Å². The molecule has 0 saturated heterocycles. The fraction of sp³-hybridized carbons (Fsp3) is 0.500. The summed E-state index contributed by atoms with van der Waals surface area (Å²) >= 11 is 0. The number of carbonyl (C=O) groups is 3. The zero-order valence-electron chi connectivity index (χ0n) is 16.5. The number of anilines is 1. The number of nitrogens with one attached hydrogen (secondary N) is 1. The van der Waals surface area contributed by atoms with Gasteiger partial charge in [0.2, 0.25) is 0 Å². The Labute approximate surface area is 162 Å². The van der Waals surface area contributed by atoms with E-state index in [2.05, 4.69) is 5.32 Å². The molecule has 1 N–H and O–H groups in total. The lowest BCUT2D eigenvalue weighted by atomic mass is 9.76. The van der Waals surface area contributed by atoms with E-state index in [9.17, 15) is 19.2 Å². The first-order valence-corrected chi connectivity index (χ1v) is 9.15. The lowest BCUT2D eigenvalue weighted by Gasteiger charge is -2.28. The largest absolute Gasteiger partial charge is 0.465 e. The fourth-order valence-electron chi connectivity index (χ4n) is 2.95. The molecule has 0 unspecified atom stereocenters. The molecule has 0 aliphatic heterocycles. The summed E-state index contributed by atoms with van der Waals surface area (Å²) in [5.74, 6) is -2.50. The molecule has 0 atom stereocenters. The van der Waals surface area contributed by atoms with Crippen molar-refractivity contribution in [2.75, 3.05) is 18.5 Å². The summed E-state index contributed by atoms with van der Waals surface area (Å²) < 4.78 is 15.0. The van der Waals surface area contributed by atoms with Gasteiger partial charge in [-0.1, -0.05) is 13.8 Å². The molecule has 0 radical (unpaired) electrons. The van der Waals surface area contributed by atoms with Gasteiger partial charge in [0.1, 0.15) is 11.4 Å². The third kappa shape index (κ3) is 5.09. The molecule has 1 aromatic rings. The van der Waals surface area contributed by atoms with Crippen LogP contribution in [0.3, 0.4) is 0 Å². The van der Waals surface area contributed by atoms with Crippen LogP contribution in [0.5, 0.6) is 0 Å². The topological polar surface area (TPSA) is 112 Å². The number of hydrogen-bond donors (Lipinski definition) is 1. The molecule has 8 heteroatoms. The Morgan fingerprint density at radius 2 is 1.79 bits per heavy atom. The molecule has 1 heterocycles. The minimum atomic E-state index is -1.26. The second-order valence-corrected chi connectivity index (χ2v) is 7.21. The SMILES string of the molecule is CCOC(=O)C(/C=C/Nc1cc2c(oc1=O)CC(C)(C)CC2=O)C(=O)OCC. The Bertz CT molecular complexity index is 833. The van der Waals surface area contributed by atoms with Crippen molar-refractivity contribution in [3.8, 4) is 0 Å². The maximum Gasteiger partial charge on any atom is 0.359 e. The van der Waals surface area contributed by atoms with Crippen LogP contribution in [0.1, 0.15) is 50.2 Å². The molecule has 0 fully saturated rings. The Morgan fingerprint density at radius 3 is 2.36 bits per heavy atom. The van der Waals surface area contributed by atoms with Gasteiger partial charge in [0.15, 0.2) is 11.7 Å². The van der Waals surface area contributed by atoms with E-state index in [1.165, 1.54) is 18.3 Å². The summed E-state index contributed by atoms with van der Waals surface area (Å²) in [6, 6.07) is 1.44. The Hall–Kier alpha value is -2.90. The highest BCUT2D eigenvalue weighted by Crippen LogP contribution is 2.34. The fourth-order valence-corrected chi connectivity index (χ4v) is 2.95. The van der Waals surface area contributed by atoms with E-state index < -0.39 is 23.5 Å². The van der Waals surface area contributed by atoms with Crippen molar-refractivity contribution in [1.82, 2.24) is 0 Å². The third-order valence-corrected chi connectivity index (χ3v) is 4.21. The molecule has 0 bridgehead atoms. The normalized spacial score (nSPS) is 15.4. The number of ether oxygens (including phenoxy) is 2. The maximum atomic E-state index is 12.3. The lowest BCUT2D eigenvalue weighted by molar-refractivity contribution is -0.158. The van der Waals surface area contributed by atoms with Gasteiger partial charge in [0.05, 0.1) is 18.8 Å². The van der Waals surface area contributed by atoms with Gasteiger partial charge in [-0.2, -0.15) is 0 Å². The van der Waals surface area contributed by atoms with Crippen molar-refractivity contribution in [2.45, 2.75) is 40.5 Å². The van der Waals surface area contributed by atoms with Crippen molar-refractivity contribution in [2.24, 2.45) is 11.3 Å². The van der Waals surface area contributed by atoms with E-state index in [0.717, 1.165) is 0 Å². The van der Waals surface area contributed by atoms with Crippen LogP contribution in [0, 0.1) is 11.3 Å². The lowest BCUT2D eigenvalue weighted by Crippen LogP contribution is -2.28. The minimum Gasteiger partial charge on any atom is -0.465 e. The number of rotatable bonds is 7. The first-order valence-electron chi connectivity index (χ1n) is 9.15. The molecule has 1 aliphatic carbocycles. The van der Waals surface area contributed by atoms with Gasteiger partial charge in [0, 0.05) is 12.8 Å². The van der Waals surface area contributed by atoms with Crippen molar-refractivity contribution in [3.63, 3.8) is 0 Å². The Balaban J connectivity index is 2.22. The van der Waals surface area contributed by atoms with Gasteiger partial charge in [-0.3, -0.25) is 14.4 Å². The summed E-state index contributed by atoms with van der Waals surface area (Å²) in [4.78, 5) is 48.4. The van der Waals surface area contributed by atoms with Crippen molar-refractivity contribution < 1.29 is 28.3 Å². The monoisotopic (exact) mass is 391 g/mol. The van der Waals surface area contributed by atoms with Crippen molar-refractivity contribution >= 4 is 23.4 Å². The number of fused-ring (bicyclic) bond motifs is 1. The van der Waals surface area contributed by atoms with Crippen LogP contribution in [0.15, 0.2) is 27.6 Å². The third-order valence-electron chi connectivity index (χ3n) is 4.21. The smallest absolute Gasteiger partial charge is 0.359 e. The van der Waals surface area contributed by atoms with Crippen LogP contribution in [0.2, 0.25) is 0 Å². The second-order valence-electron chi connectivity index (χ2n) is 7.21. The number of carbonyl (C=O) groups excluding carboxylic acids is 3. The first-order chi connectivity index (χ1) is 13.2. The molecule has 1 aromatic heterocycles. The predicted molar refractivity (Wildman–Crippen MR) is 101 cm³/mol. The number of ketones is 1. The Morgan fingerprint density at radius 1 is 1.18 bits per heavy atom. The van der Waals surface area contributed by atoms with Crippen LogP contribution in [-0.4, -0.2) is 30.9 Å². The molecule has 0 aromatic carbocycles. The van der Waals surface area contributed by atoms with Gasteiger partial charge in [0.25, 0.3) is 0 Å². The zero-order chi connectivity index (χ0) is 20.9. The van der Waals surface area contributed by atoms with Crippen molar-refractivity contribution in [1.29, 1.82) is 0 Å². The predicted octanol–water partition coefficient (Wildman–Crippen LogP) is 2.46. The minimum absolute atomic E-state index is 0.0366. The van der Waals surface area contributed by atoms with Crippen LogP contribution < -0.4 is 10.9 Å². The molecule has 2 rings (SSSR count). The van der Waals surface area contributed by atoms with Crippen molar-refractivity contribution in [3.05, 3.63) is 40.1 Å². The highest BCUT2D eigenvalue weighted by molar-refractivity contribution is 5.99. The van der Waals surface area contributed by atoms with E-state index >= 15 is 0 Å². The van der Waals surface area contributed by atoms with E-state index in [4.69, 9.17) is 13.9 Å². The van der Waals surface area contributed by atoms with Gasteiger partial charge in [-0.25, -0.2) is 4.79 Å². The zero-order valence-corrected chi connectivity index (χ0v) is 16.5. The second kappa shape index (κ2) is 8.86. The molecule has 8 nitrogen and oxygen atoms in total. The van der Waals surface area contributed by atoms with Gasteiger partial charge in [-0.05, 0) is 37.6 Å². The highest BCUT2D eigenvalue weighted by atomic mass is 16.6. The molecular weight excluding hydrogens is 366 g/mol. The summed E-state index contributed by atoms with van der Waals surface area (Å²) in [6.45, 7) is 7.35. The molecule has 0 saturated carbocycles. The average molecular weight is 391 g/mol. The molecular formula is C20H25NO7. The van der Waals surface area contributed by atoms with Gasteiger partial charge >= 0.3 is 17.6 Å². The number of hydrogen-bond acceptors (Lipinski definition) is 8. The van der Waals surface area contributed by atoms with E-state index in [-0.39, 0.29) is 30.1 Å². The molecule has 0 amide bonds. The maximum absolute atomic E-state index is 12.3. The van der Waals surface area contributed by atoms with Gasteiger partial charge in [-0.15, -0.1) is 0 Å². The molecule has 1 aliphatic rings. The Kier molecular flexibility index (Phi) is 6.77. The summed E-state index contributed by atoms with van der Waals surface area (Å²) in [5, 5.41) is 2.67. The number of esters is 2. The molecule has 0 spiro atoms. The summed E-state index contributed by atoms with van der Waals surface area (Å²) in [6.07, 6.45) is 3.35. The number of Topliss-reactive ketones (excluding diaryl/α,β-unsaturated/α-hetero) is 1. The average Bonchev–Trinajstić information content (AvgIpc) is 2.58. The van der Waals surface area contributed by atoms with Crippen LogP contribution >= 0.6 is 0 Å². The first kappa shape index (κ1) is 21.4. The standard InChI is InChI=1S/C20H25NO7/c1-5-26-17(23)12(18(24)27-6-2)7-8-21-14-9-13-15(22)10-20(3,4)11-16(13)28-19(14)25/h7-9,12,21H,5-6,10-11H2,1-4H3/b8-7+. The van der Waals surface area contributed by atoms with E-state index in [1.807, 2.05) is 13.8 Å². The summed E-state index contributed by atoms with van der Waals surface area (Å²) in [5.41, 5.74) is -0.504. The van der Waals surface area contributed by atoms with Gasteiger partial charge < -0.3 is 19.2 Å². The van der Waals surface area contributed by atoms with Crippen LogP contribution in [0.25, 0.3) is 0 Å². The van der Waals surface area contributed by atoms with Crippen LogP contribution in [0.4, 0.5) is 5.69 Å². The van der Waals surface area contributed by atoms with Crippen LogP contribution in [-0.2, 0) is 25.5 Å². The highest BCUT2D eigenvalue weighted by Gasteiger charge is 2.33. The van der Waals surface area contributed by atoms with E-state index in [1.54, 1.807) is 13.8 Å².